The number of hydrogen-bond donors (Lipinski definition) is 0. The lowest BCUT2D eigenvalue weighted by molar-refractivity contribution is 0.0994. The van der Waals surface area contributed by atoms with Gasteiger partial charge in [0.05, 0.1) is 0 Å². The first-order valence-corrected chi connectivity index (χ1v) is 6.80. The molecule has 0 radical (unpaired) electrons. The van der Waals surface area contributed by atoms with Gasteiger partial charge in [0.1, 0.15) is 0 Å². The maximum atomic E-state index is 11.7. The molecular formula is C18H18O. The zero-order valence-electron chi connectivity index (χ0n) is 11.7. The lowest BCUT2D eigenvalue weighted by Gasteiger charge is -2.11. The molecule has 1 aliphatic carbocycles. The van der Waals surface area contributed by atoms with E-state index in [1.54, 1.807) is 0 Å². The molecule has 0 fully saturated rings. The highest BCUT2D eigenvalue weighted by atomic mass is 16.1. The molecular weight excluding hydrogens is 232 g/mol. The molecule has 3 rings (SSSR count). The zero-order chi connectivity index (χ0) is 13.6. The minimum absolute atomic E-state index is 0.290. The molecule has 0 saturated heterocycles. The summed E-state index contributed by atoms with van der Waals surface area (Å²) in [6, 6.07) is 10.8. The molecule has 0 aliphatic heterocycles. The zero-order valence-corrected chi connectivity index (χ0v) is 11.7. The van der Waals surface area contributed by atoms with Gasteiger partial charge in [-0.2, -0.15) is 0 Å². The fraction of sp³-hybridized carbons (Fsp3) is 0.278. The van der Waals surface area contributed by atoms with Crippen LogP contribution >= 0.6 is 0 Å². The van der Waals surface area contributed by atoms with Gasteiger partial charge in [-0.25, -0.2) is 0 Å². The molecule has 0 aromatic heterocycles. The monoisotopic (exact) mass is 250 g/mol. The Labute approximate surface area is 114 Å². The van der Waals surface area contributed by atoms with E-state index in [9.17, 15) is 4.79 Å². The molecule has 0 bridgehead atoms. The molecule has 2 aromatic rings. The summed E-state index contributed by atoms with van der Waals surface area (Å²) in [7, 11) is 0. The first-order chi connectivity index (χ1) is 9.06. The number of rotatable bonds is 1. The highest BCUT2D eigenvalue weighted by molar-refractivity contribution is 6.01. The second-order valence-electron chi connectivity index (χ2n) is 5.55. The molecule has 0 saturated carbocycles. The quantitative estimate of drug-likeness (QED) is 0.732. The summed E-state index contributed by atoms with van der Waals surface area (Å²) in [5.74, 6) is 0.290. The summed E-state index contributed by atoms with van der Waals surface area (Å²) >= 11 is 0. The Morgan fingerprint density at radius 2 is 1.53 bits per heavy atom. The van der Waals surface area contributed by atoms with Crippen LogP contribution in [0.1, 0.15) is 39.0 Å². The fourth-order valence-electron chi connectivity index (χ4n) is 2.89. The van der Waals surface area contributed by atoms with E-state index < -0.39 is 0 Å². The molecule has 1 nitrogen and oxygen atoms in total. The highest BCUT2D eigenvalue weighted by Crippen LogP contribution is 2.31. The smallest absolute Gasteiger partial charge is 0.163 e. The Balaban J connectivity index is 2.13. The number of carbonyl (C=O) groups excluding carboxylic acids is 1. The number of Topliss-reactive ketones (excluding diaryl/α,β-unsaturated/α-hetero) is 1. The third-order valence-electron chi connectivity index (χ3n) is 4.18. The van der Waals surface area contributed by atoms with Crippen LogP contribution in [-0.4, -0.2) is 5.78 Å². The van der Waals surface area contributed by atoms with E-state index >= 15 is 0 Å². The fourth-order valence-corrected chi connectivity index (χ4v) is 2.89. The van der Waals surface area contributed by atoms with Crippen LogP contribution in [0.3, 0.4) is 0 Å². The predicted octanol–water partition coefficient (Wildman–Crippen LogP) is 4.41. The minimum atomic E-state index is 0.290. The first-order valence-electron chi connectivity index (χ1n) is 6.80. The Morgan fingerprint density at radius 1 is 0.789 bits per heavy atom. The average molecular weight is 250 g/mol. The topological polar surface area (TPSA) is 17.1 Å². The standard InChI is InChI=1S/C18H18O/c1-11-8-13(3)17(9-12(11)2)15-4-6-16-14(10-15)5-7-18(16)19/h4,6,8-10H,5,7H2,1-3H3. The summed E-state index contributed by atoms with van der Waals surface area (Å²) in [6.45, 7) is 6.45. The van der Waals surface area contributed by atoms with Crippen LogP contribution in [0.2, 0.25) is 0 Å². The van der Waals surface area contributed by atoms with Crippen molar-refractivity contribution in [2.24, 2.45) is 0 Å². The molecule has 0 heterocycles. The Morgan fingerprint density at radius 3 is 2.32 bits per heavy atom. The molecule has 1 aliphatic rings. The lowest BCUT2D eigenvalue weighted by atomic mass is 9.93. The normalized spacial score (nSPS) is 13.7. The van der Waals surface area contributed by atoms with Gasteiger partial charge in [0, 0.05) is 12.0 Å². The van der Waals surface area contributed by atoms with Crippen LogP contribution in [-0.2, 0) is 6.42 Å². The van der Waals surface area contributed by atoms with Crippen molar-refractivity contribution in [3.05, 3.63) is 58.1 Å². The maximum absolute atomic E-state index is 11.7. The van der Waals surface area contributed by atoms with E-state index in [0.717, 1.165) is 12.0 Å². The largest absolute Gasteiger partial charge is 0.294 e. The second-order valence-corrected chi connectivity index (χ2v) is 5.55. The Bertz CT molecular complexity index is 680. The van der Waals surface area contributed by atoms with Gasteiger partial charge in [0.2, 0.25) is 0 Å². The Kier molecular flexibility index (Phi) is 2.78. The Hall–Kier alpha value is -1.89. The third-order valence-corrected chi connectivity index (χ3v) is 4.18. The molecule has 0 spiro atoms. The SMILES string of the molecule is Cc1cc(C)c(-c2ccc3c(c2)CCC3=O)cc1C. The number of carbonyl (C=O) groups is 1. The van der Waals surface area contributed by atoms with Gasteiger partial charge in [0.25, 0.3) is 0 Å². The number of aryl methyl sites for hydroxylation is 4. The van der Waals surface area contributed by atoms with Crippen LogP contribution in [0.5, 0.6) is 0 Å². The van der Waals surface area contributed by atoms with Gasteiger partial charge < -0.3 is 0 Å². The maximum Gasteiger partial charge on any atom is 0.163 e. The van der Waals surface area contributed by atoms with Crippen LogP contribution < -0.4 is 0 Å². The molecule has 96 valence electrons. The van der Waals surface area contributed by atoms with E-state index in [1.807, 2.05) is 6.07 Å². The van der Waals surface area contributed by atoms with Gasteiger partial charge in [0.15, 0.2) is 5.78 Å². The first kappa shape index (κ1) is 12.2. The lowest BCUT2D eigenvalue weighted by Crippen LogP contribution is -1.93. The molecule has 0 amide bonds. The molecule has 2 aromatic carbocycles. The van der Waals surface area contributed by atoms with Crippen molar-refractivity contribution in [2.75, 3.05) is 0 Å². The van der Waals surface area contributed by atoms with E-state index in [0.29, 0.717) is 12.2 Å². The molecule has 0 unspecified atom stereocenters. The van der Waals surface area contributed by atoms with Crippen molar-refractivity contribution < 1.29 is 4.79 Å². The van der Waals surface area contributed by atoms with Crippen molar-refractivity contribution in [1.82, 2.24) is 0 Å². The van der Waals surface area contributed by atoms with Crippen LogP contribution in [0.25, 0.3) is 11.1 Å². The summed E-state index contributed by atoms with van der Waals surface area (Å²) in [6.07, 6.45) is 1.57. The van der Waals surface area contributed by atoms with Gasteiger partial charge in [-0.3, -0.25) is 4.79 Å². The van der Waals surface area contributed by atoms with Gasteiger partial charge in [-0.1, -0.05) is 30.3 Å². The molecule has 0 N–H and O–H groups in total. The van der Waals surface area contributed by atoms with E-state index in [1.165, 1.54) is 33.4 Å². The van der Waals surface area contributed by atoms with Crippen molar-refractivity contribution >= 4 is 5.78 Å². The number of ketones is 1. The van der Waals surface area contributed by atoms with Crippen LogP contribution in [0, 0.1) is 20.8 Å². The number of hydrogen-bond acceptors (Lipinski definition) is 1. The van der Waals surface area contributed by atoms with E-state index in [2.05, 4.69) is 45.0 Å². The second kappa shape index (κ2) is 4.34. The van der Waals surface area contributed by atoms with Gasteiger partial charge in [-0.05, 0) is 60.6 Å². The van der Waals surface area contributed by atoms with Crippen molar-refractivity contribution in [1.29, 1.82) is 0 Å². The summed E-state index contributed by atoms with van der Waals surface area (Å²) in [5.41, 5.74) is 8.59. The summed E-state index contributed by atoms with van der Waals surface area (Å²) in [5, 5.41) is 0. The van der Waals surface area contributed by atoms with Crippen molar-refractivity contribution in [3.63, 3.8) is 0 Å². The van der Waals surface area contributed by atoms with E-state index in [-0.39, 0.29) is 0 Å². The molecule has 0 atom stereocenters. The van der Waals surface area contributed by atoms with Gasteiger partial charge in [-0.15, -0.1) is 0 Å². The van der Waals surface area contributed by atoms with Crippen molar-refractivity contribution in [3.8, 4) is 11.1 Å². The number of benzene rings is 2. The van der Waals surface area contributed by atoms with Gasteiger partial charge >= 0.3 is 0 Å². The molecule has 19 heavy (non-hydrogen) atoms. The van der Waals surface area contributed by atoms with E-state index in [4.69, 9.17) is 0 Å². The van der Waals surface area contributed by atoms with Crippen LogP contribution in [0.4, 0.5) is 0 Å². The summed E-state index contributed by atoms with van der Waals surface area (Å²) < 4.78 is 0. The van der Waals surface area contributed by atoms with Crippen molar-refractivity contribution in [2.45, 2.75) is 33.6 Å². The molecule has 1 heteroatoms. The third kappa shape index (κ3) is 1.99. The predicted molar refractivity (Wildman–Crippen MR) is 78.7 cm³/mol. The highest BCUT2D eigenvalue weighted by Gasteiger charge is 2.19. The minimum Gasteiger partial charge on any atom is -0.294 e. The average Bonchev–Trinajstić information content (AvgIpc) is 2.75. The van der Waals surface area contributed by atoms with Crippen LogP contribution in [0.15, 0.2) is 30.3 Å². The number of fused-ring (bicyclic) bond motifs is 1. The summed E-state index contributed by atoms with van der Waals surface area (Å²) in [4.78, 5) is 11.7.